The molecule has 1 heterocycles. The van der Waals surface area contributed by atoms with Crippen molar-refractivity contribution in [3.05, 3.63) is 0 Å². The molecule has 1 saturated heterocycles. The summed E-state index contributed by atoms with van der Waals surface area (Å²) in [7, 11) is 0. The number of nitrogens with two attached hydrogens (primary N) is 1. The van der Waals surface area contributed by atoms with E-state index in [2.05, 4.69) is 4.90 Å². The van der Waals surface area contributed by atoms with Gasteiger partial charge in [-0.1, -0.05) is 0 Å². The van der Waals surface area contributed by atoms with Gasteiger partial charge < -0.3 is 5.73 Å². The predicted octanol–water partition coefficient (Wildman–Crippen LogP) is 1.46. The van der Waals surface area contributed by atoms with Crippen LogP contribution in [0, 0.1) is 17.8 Å². The summed E-state index contributed by atoms with van der Waals surface area (Å²) >= 11 is 0. The van der Waals surface area contributed by atoms with Gasteiger partial charge in [0.15, 0.2) is 0 Å². The van der Waals surface area contributed by atoms with Crippen LogP contribution in [0.1, 0.15) is 32.1 Å². The van der Waals surface area contributed by atoms with Crippen LogP contribution in [0.4, 0.5) is 0 Å². The smallest absolute Gasteiger partial charge is 0.0230 e. The molecule has 14 heavy (non-hydrogen) atoms. The maximum absolute atomic E-state index is 5.72. The molecular formula is C12H22N2. The first-order chi connectivity index (χ1) is 6.86. The highest BCUT2D eigenvalue weighted by atomic mass is 15.2. The summed E-state index contributed by atoms with van der Waals surface area (Å²) in [4.78, 5) is 2.62. The number of hydrogen-bond donors (Lipinski definition) is 1. The molecule has 2 saturated carbocycles. The van der Waals surface area contributed by atoms with Gasteiger partial charge in [0.2, 0.25) is 0 Å². The Bertz CT molecular complexity index is 214. The van der Waals surface area contributed by atoms with Gasteiger partial charge in [-0.2, -0.15) is 0 Å². The number of hydrogen-bond acceptors (Lipinski definition) is 2. The topological polar surface area (TPSA) is 29.3 Å². The maximum atomic E-state index is 5.72. The van der Waals surface area contributed by atoms with Gasteiger partial charge >= 0.3 is 0 Å². The van der Waals surface area contributed by atoms with Crippen molar-refractivity contribution >= 4 is 0 Å². The SMILES string of the molecule is NCC1CCN1CC1CCC2CC2C1. The van der Waals surface area contributed by atoms with Crippen LogP contribution in [-0.2, 0) is 0 Å². The largest absolute Gasteiger partial charge is 0.329 e. The van der Waals surface area contributed by atoms with E-state index in [0.717, 1.165) is 30.3 Å². The Morgan fingerprint density at radius 1 is 1.07 bits per heavy atom. The molecule has 3 fully saturated rings. The molecule has 0 aromatic carbocycles. The highest BCUT2D eigenvalue weighted by Gasteiger charge is 2.42. The van der Waals surface area contributed by atoms with Crippen LogP contribution in [0.15, 0.2) is 0 Å². The molecule has 0 amide bonds. The van der Waals surface area contributed by atoms with E-state index in [4.69, 9.17) is 5.73 Å². The minimum absolute atomic E-state index is 0.729. The highest BCUT2D eigenvalue weighted by Crippen LogP contribution is 2.51. The Morgan fingerprint density at radius 2 is 2.00 bits per heavy atom. The summed E-state index contributed by atoms with van der Waals surface area (Å²) in [5.41, 5.74) is 5.72. The lowest BCUT2D eigenvalue weighted by Crippen LogP contribution is -2.53. The highest BCUT2D eigenvalue weighted by molar-refractivity contribution is 4.94. The minimum Gasteiger partial charge on any atom is -0.329 e. The molecule has 2 heteroatoms. The number of fused-ring (bicyclic) bond motifs is 1. The van der Waals surface area contributed by atoms with E-state index in [1.807, 2.05) is 0 Å². The number of nitrogens with zero attached hydrogens (tertiary/aromatic N) is 1. The second-order valence-corrected chi connectivity index (χ2v) is 5.61. The van der Waals surface area contributed by atoms with E-state index in [0.29, 0.717) is 0 Å². The third kappa shape index (κ3) is 1.59. The quantitative estimate of drug-likeness (QED) is 0.737. The van der Waals surface area contributed by atoms with Crippen LogP contribution in [-0.4, -0.2) is 30.6 Å². The molecular weight excluding hydrogens is 172 g/mol. The zero-order chi connectivity index (χ0) is 9.54. The molecule has 2 N–H and O–H groups in total. The molecule has 4 unspecified atom stereocenters. The fraction of sp³-hybridized carbons (Fsp3) is 1.00. The monoisotopic (exact) mass is 194 g/mol. The summed E-state index contributed by atoms with van der Waals surface area (Å²) in [6, 6.07) is 0.729. The van der Waals surface area contributed by atoms with Crippen molar-refractivity contribution in [1.29, 1.82) is 0 Å². The molecule has 1 aliphatic heterocycles. The number of rotatable bonds is 3. The molecule has 3 rings (SSSR count). The summed E-state index contributed by atoms with van der Waals surface area (Å²) in [6.07, 6.45) is 7.44. The van der Waals surface area contributed by atoms with Crippen LogP contribution < -0.4 is 5.73 Å². The zero-order valence-corrected chi connectivity index (χ0v) is 8.99. The van der Waals surface area contributed by atoms with Crippen molar-refractivity contribution < 1.29 is 0 Å². The average Bonchev–Trinajstić information content (AvgIpc) is 2.91. The van der Waals surface area contributed by atoms with Gasteiger partial charge in [-0.15, -0.1) is 0 Å². The lowest BCUT2D eigenvalue weighted by molar-refractivity contribution is 0.0673. The molecule has 0 aromatic heterocycles. The average molecular weight is 194 g/mol. The number of likely N-dealkylation sites (tertiary alicyclic amines) is 1. The normalized spacial score (nSPS) is 46.9. The van der Waals surface area contributed by atoms with Crippen molar-refractivity contribution in [2.75, 3.05) is 19.6 Å². The fourth-order valence-electron chi connectivity index (χ4n) is 3.45. The third-order valence-corrected chi connectivity index (χ3v) is 4.68. The van der Waals surface area contributed by atoms with Gasteiger partial charge in [0.1, 0.15) is 0 Å². The van der Waals surface area contributed by atoms with Gasteiger partial charge in [0.25, 0.3) is 0 Å². The Hall–Kier alpha value is -0.0800. The first kappa shape index (κ1) is 9.17. The van der Waals surface area contributed by atoms with E-state index in [-0.39, 0.29) is 0 Å². The van der Waals surface area contributed by atoms with Crippen molar-refractivity contribution in [2.24, 2.45) is 23.5 Å². The Kier molecular flexibility index (Phi) is 2.29. The Balaban J connectivity index is 1.47. The summed E-state index contributed by atoms with van der Waals surface area (Å²) in [5, 5.41) is 0. The predicted molar refractivity (Wildman–Crippen MR) is 58.0 cm³/mol. The van der Waals surface area contributed by atoms with Crippen LogP contribution in [0.2, 0.25) is 0 Å². The van der Waals surface area contributed by atoms with Crippen LogP contribution >= 0.6 is 0 Å². The lowest BCUT2D eigenvalue weighted by Gasteiger charge is -2.43. The molecule has 0 radical (unpaired) electrons. The third-order valence-electron chi connectivity index (χ3n) is 4.68. The van der Waals surface area contributed by atoms with Crippen LogP contribution in [0.25, 0.3) is 0 Å². The second-order valence-electron chi connectivity index (χ2n) is 5.61. The first-order valence-corrected chi connectivity index (χ1v) is 6.31. The lowest BCUT2D eigenvalue weighted by atomic mass is 9.87. The van der Waals surface area contributed by atoms with Crippen LogP contribution in [0.5, 0.6) is 0 Å². The van der Waals surface area contributed by atoms with Gasteiger partial charge in [-0.05, 0) is 49.9 Å². The molecule has 2 aliphatic carbocycles. The fourth-order valence-corrected chi connectivity index (χ4v) is 3.45. The summed E-state index contributed by atoms with van der Waals surface area (Å²) in [5.74, 6) is 3.28. The van der Waals surface area contributed by atoms with Crippen molar-refractivity contribution in [2.45, 2.75) is 38.1 Å². The van der Waals surface area contributed by atoms with E-state index >= 15 is 0 Å². The van der Waals surface area contributed by atoms with Crippen LogP contribution in [0.3, 0.4) is 0 Å². The van der Waals surface area contributed by atoms with Gasteiger partial charge in [-0.3, -0.25) is 4.90 Å². The van der Waals surface area contributed by atoms with E-state index in [1.54, 1.807) is 6.42 Å². The van der Waals surface area contributed by atoms with Gasteiger partial charge in [0, 0.05) is 25.7 Å². The van der Waals surface area contributed by atoms with E-state index in [9.17, 15) is 0 Å². The van der Waals surface area contributed by atoms with Gasteiger partial charge in [-0.25, -0.2) is 0 Å². The van der Waals surface area contributed by atoms with Gasteiger partial charge in [0.05, 0.1) is 0 Å². The van der Waals surface area contributed by atoms with Crippen molar-refractivity contribution in [3.63, 3.8) is 0 Å². The molecule has 0 bridgehead atoms. The van der Waals surface area contributed by atoms with E-state index < -0.39 is 0 Å². The zero-order valence-electron chi connectivity index (χ0n) is 8.99. The summed E-state index contributed by atoms with van der Waals surface area (Å²) < 4.78 is 0. The minimum atomic E-state index is 0.729. The second kappa shape index (κ2) is 3.49. The Morgan fingerprint density at radius 3 is 2.64 bits per heavy atom. The maximum Gasteiger partial charge on any atom is 0.0230 e. The molecule has 2 nitrogen and oxygen atoms in total. The molecule has 4 atom stereocenters. The summed E-state index contributed by atoms with van der Waals surface area (Å²) in [6.45, 7) is 3.54. The molecule has 0 spiro atoms. The molecule has 80 valence electrons. The standard InChI is InChI=1S/C12H22N2/c13-7-12-3-4-14(12)8-9-1-2-10-6-11(10)5-9/h9-12H,1-8,13H2. The molecule has 0 aromatic rings. The Labute approximate surface area is 86.8 Å². The van der Waals surface area contributed by atoms with Crippen molar-refractivity contribution in [1.82, 2.24) is 4.90 Å². The van der Waals surface area contributed by atoms with E-state index in [1.165, 1.54) is 38.8 Å². The molecule has 3 aliphatic rings. The first-order valence-electron chi connectivity index (χ1n) is 6.31. The van der Waals surface area contributed by atoms with Crippen molar-refractivity contribution in [3.8, 4) is 0 Å².